The molecule has 10 atom stereocenters. The number of rotatable bonds is 6. The lowest BCUT2D eigenvalue weighted by Crippen LogP contribution is -2.59. The summed E-state index contributed by atoms with van der Waals surface area (Å²) in [5.74, 6) is 2.67. The number of ether oxygens (including phenoxy) is 2. The SMILES string of the molecule is CO[C@H](Cn1ccc(C#N)n1)[C@@H](C)[C@H]1CC[C@H]2[C@@H]3CC[C@@H]4C[C@@](OC)(C(F)(F)F)CC[C@]4(C)[C@H]3CC[C@]12C. The van der Waals surface area contributed by atoms with E-state index in [4.69, 9.17) is 14.7 Å². The van der Waals surface area contributed by atoms with Crippen LogP contribution in [0.2, 0.25) is 0 Å². The standard InChI is InChI=1S/C30H44F3N3O2/c1-19(26(37-4)18-36-15-11-21(17-34)35-36)23-8-9-24-22-7-6-20-16-29(38-5,30(31,32)33)14-13-27(20,2)25(22)10-12-28(23,24)3/h11,15,19-20,22-26H,6-10,12-14,16,18H2,1-5H3/t19-,20+,22-,23+,24-,25-,26+,27-,28+,29+/m0/s1. The number of methoxy groups -OCH3 is 2. The Bertz CT molecular complexity index is 1050. The van der Waals surface area contributed by atoms with Crippen LogP contribution < -0.4 is 0 Å². The summed E-state index contributed by atoms with van der Waals surface area (Å²) in [6.07, 6.45) is 4.91. The molecule has 4 fully saturated rings. The van der Waals surface area contributed by atoms with Gasteiger partial charge in [-0.15, -0.1) is 0 Å². The highest BCUT2D eigenvalue weighted by atomic mass is 19.4. The molecule has 38 heavy (non-hydrogen) atoms. The molecule has 5 rings (SSSR count). The molecule has 1 aromatic rings. The first-order valence-corrected chi connectivity index (χ1v) is 14.5. The van der Waals surface area contributed by atoms with Crippen molar-refractivity contribution in [2.45, 2.75) is 103 Å². The Kier molecular flexibility index (Phi) is 7.21. The molecule has 1 heterocycles. The monoisotopic (exact) mass is 535 g/mol. The fourth-order valence-electron chi connectivity index (χ4n) is 10.1. The molecule has 0 spiro atoms. The summed E-state index contributed by atoms with van der Waals surface area (Å²) in [4.78, 5) is 0. The van der Waals surface area contributed by atoms with Crippen LogP contribution in [-0.2, 0) is 16.0 Å². The van der Waals surface area contributed by atoms with Crippen molar-refractivity contribution in [1.82, 2.24) is 9.78 Å². The van der Waals surface area contributed by atoms with Gasteiger partial charge >= 0.3 is 6.18 Å². The Morgan fingerprint density at radius 1 is 1.08 bits per heavy atom. The van der Waals surface area contributed by atoms with Crippen molar-refractivity contribution in [3.05, 3.63) is 18.0 Å². The first kappa shape index (κ1) is 28.0. The molecule has 4 saturated carbocycles. The van der Waals surface area contributed by atoms with Crippen molar-refractivity contribution in [2.24, 2.45) is 46.3 Å². The van der Waals surface area contributed by atoms with Crippen molar-refractivity contribution in [1.29, 1.82) is 5.26 Å². The molecule has 212 valence electrons. The van der Waals surface area contributed by atoms with Gasteiger partial charge < -0.3 is 9.47 Å². The summed E-state index contributed by atoms with van der Waals surface area (Å²) < 4.78 is 55.2. The van der Waals surface area contributed by atoms with Crippen LogP contribution in [-0.4, -0.2) is 41.9 Å². The highest BCUT2D eigenvalue weighted by molar-refractivity contribution is 5.17. The maximum Gasteiger partial charge on any atom is 0.417 e. The fourth-order valence-corrected chi connectivity index (χ4v) is 10.1. The third-order valence-corrected chi connectivity index (χ3v) is 12.3. The summed E-state index contributed by atoms with van der Waals surface area (Å²) in [5, 5.41) is 13.5. The predicted molar refractivity (Wildman–Crippen MR) is 138 cm³/mol. The molecule has 0 unspecified atom stereocenters. The number of alkyl halides is 3. The second kappa shape index (κ2) is 9.80. The van der Waals surface area contributed by atoms with Gasteiger partial charge in [0.25, 0.3) is 0 Å². The summed E-state index contributed by atoms with van der Waals surface area (Å²) in [7, 11) is 3.02. The van der Waals surface area contributed by atoms with Crippen LogP contribution in [0.5, 0.6) is 0 Å². The Morgan fingerprint density at radius 2 is 1.82 bits per heavy atom. The summed E-state index contributed by atoms with van der Waals surface area (Å²) >= 11 is 0. The maximum atomic E-state index is 14.1. The van der Waals surface area contributed by atoms with E-state index < -0.39 is 11.8 Å². The lowest BCUT2D eigenvalue weighted by atomic mass is 9.43. The Labute approximate surface area is 225 Å². The van der Waals surface area contributed by atoms with Gasteiger partial charge in [-0.3, -0.25) is 4.68 Å². The first-order chi connectivity index (χ1) is 17.9. The van der Waals surface area contributed by atoms with E-state index in [0.717, 1.165) is 25.7 Å². The zero-order valence-electron chi connectivity index (χ0n) is 23.6. The van der Waals surface area contributed by atoms with Crippen LogP contribution in [0.3, 0.4) is 0 Å². The second-order valence-corrected chi connectivity index (χ2v) is 13.5. The van der Waals surface area contributed by atoms with Crippen molar-refractivity contribution in [3.8, 4) is 6.07 Å². The number of halogens is 3. The number of aromatic nitrogens is 2. The van der Waals surface area contributed by atoms with E-state index in [1.54, 1.807) is 13.2 Å². The summed E-state index contributed by atoms with van der Waals surface area (Å²) in [6.45, 7) is 7.74. The fraction of sp³-hybridized carbons (Fsp3) is 0.867. The summed E-state index contributed by atoms with van der Waals surface area (Å²) in [6, 6.07) is 3.83. The summed E-state index contributed by atoms with van der Waals surface area (Å²) in [5.41, 5.74) is -1.36. The number of nitriles is 1. The van der Waals surface area contributed by atoms with Gasteiger partial charge in [0.2, 0.25) is 0 Å². The minimum Gasteiger partial charge on any atom is -0.379 e. The van der Waals surface area contributed by atoms with Crippen LogP contribution >= 0.6 is 0 Å². The molecule has 0 aromatic carbocycles. The maximum absolute atomic E-state index is 14.1. The molecule has 0 bridgehead atoms. The lowest BCUT2D eigenvalue weighted by molar-refractivity contribution is -0.299. The van der Waals surface area contributed by atoms with Crippen molar-refractivity contribution < 1.29 is 22.6 Å². The Morgan fingerprint density at radius 3 is 2.45 bits per heavy atom. The van der Waals surface area contributed by atoms with Crippen LogP contribution in [0.1, 0.15) is 84.3 Å². The number of hydrogen-bond acceptors (Lipinski definition) is 4. The third-order valence-electron chi connectivity index (χ3n) is 12.3. The normalized spacial score (nSPS) is 42.4. The largest absolute Gasteiger partial charge is 0.417 e. The molecule has 4 aliphatic carbocycles. The van der Waals surface area contributed by atoms with Gasteiger partial charge in [0, 0.05) is 20.4 Å². The van der Waals surface area contributed by atoms with E-state index in [1.165, 1.54) is 20.0 Å². The Balaban J connectivity index is 1.32. The Hall–Kier alpha value is -1.59. The molecule has 5 nitrogen and oxygen atoms in total. The average Bonchev–Trinajstić information content (AvgIpc) is 3.49. The average molecular weight is 536 g/mol. The molecule has 8 heteroatoms. The van der Waals surface area contributed by atoms with E-state index in [-0.39, 0.29) is 35.7 Å². The number of fused-ring (bicyclic) bond motifs is 5. The minimum atomic E-state index is -4.32. The molecular formula is C30H44F3N3O2. The number of nitrogens with zero attached hydrogens (tertiary/aromatic N) is 3. The van der Waals surface area contributed by atoms with Crippen LogP contribution in [0, 0.1) is 57.7 Å². The molecular weight excluding hydrogens is 491 g/mol. The smallest absolute Gasteiger partial charge is 0.379 e. The zero-order valence-corrected chi connectivity index (χ0v) is 23.6. The highest BCUT2D eigenvalue weighted by Crippen LogP contribution is 2.69. The van der Waals surface area contributed by atoms with Gasteiger partial charge in [-0.25, -0.2) is 0 Å². The van der Waals surface area contributed by atoms with Gasteiger partial charge in [0.15, 0.2) is 11.3 Å². The zero-order chi connectivity index (χ0) is 27.5. The molecule has 0 N–H and O–H groups in total. The van der Waals surface area contributed by atoms with Gasteiger partial charge in [-0.05, 0) is 110 Å². The molecule has 4 aliphatic rings. The van der Waals surface area contributed by atoms with E-state index >= 15 is 0 Å². The van der Waals surface area contributed by atoms with Gasteiger partial charge in [-0.1, -0.05) is 20.8 Å². The van der Waals surface area contributed by atoms with Crippen LogP contribution in [0.25, 0.3) is 0 Å². The van der Waals surface area contributed by atoms with Gasteiger partial charge in [0.1, 0.15) is 6.07 Å². The third kappa shape index (κ3) is 4.22. The van der Waals surface area contributed by atoms with E-state index in [2.05, 4.69) is 31.9 Å². The molecule has 0 saturated heterocycles. The van der Waals surface area contributed by atoms with Crippen molar-refractivity contribution in [2.75, 3.05) is 14.2 Å². The highest BCUT2D eigenvalue weighted by Gasteiger charge is 2.66. The lowest BCUT2D eigenvalue weighted by Gasteiger charge is -2.62. The van der Waals surface area contributed by atoms with Gasteiger partial charge in [-0.2, -0.15) is 23.5 Å². The molecule has 0 amide bonds. The molecule has 0 radical (unpaired) electrons. The number of hydrogen-bond donors (Lipinski definition) is 0. The predicted octanol–water partition coefficient (Wildman–Crippen LogP) is 7.01. The van der Waals surface area contributed by atoms with E-state index in [1.807, 2.05) is 10.9 Å². The second-order valence-electron chi connectivity index (χ2n) is 13.5. The van der Waals surface area contributed by atoms with E-state index in [9.17, 15) is 13.2 Å². The van der Waals surface area contributed by atoms with E-state index in [0.29, 0.717) is 48.2 Å². The topological polar surface area (TPSA) is 60.1 Å². The van der Waals surface area contributed by atoms with Crippen LogP contribution in [0.15, 0.2) is 12.3 Å². The molecule has 0 aliphatic heterocycles. The van der Waals surface area contributed by atoms with Crippen LogP contribution in [0.4, 0.5) is 13.2 Å². The minimum absolute atomic E-state index is 0.0101. The quantitative estimate of drug-likeness (QED) is 0.393. The van der Waals surface area contributed by atoms with Gasteiger partial charge in [0.05, 0.1) is 12.6 Å². The molecule has 1 aromatic heterocycles. The van der Waals surface area contributed by atoms with Crippen molar-refractivity contribution in [3.63, 3.8) is 0 Å². The van der Waals surface area contributed by atoms with Crippen molar-refractivity contribution >= 4 is 0 Å². The first-order valence-electron chi connectivity index (χ1n) is 14.5.